The predicted octanol–water partition coefficient (Wildman–Crippen LogP) is 0.995. The summed E-state index contributed by atoms with van der Waals surface area (Å²) in [6.07, 6.45) is 3.50. The number of alkyl halides is 1. The molecule has 4 heterocycles. The lowest BCUT2D eigenvalue weighted by molar-refractivity contribution is -0.116. The molecule has 0 bridgehead atoms. The summed E-state index contributed by atoms with van der Waals surface area (Å²) in [7, 11) is 3.32. The van der Waals surface area contributed by atoms with Crippen molar-refractivity contribution in [3.05, 3.63) is 30.7 Å². The van der Waals surface area contributed by atoms with E-state index in [1.54, 1.807) is 33.5 Å². The van der Waals surface area contributed by atoms with E-state index in [1.165, 1.54) is 13.2 Å². The monoisotopic (exact) mass is 429 g/mol. The van der Waals surface area contributed by atoms with Crippen LogP contribution in [0.2, 0.25) is 0 Å². The minimum atomic E-state index is -1.12. The van der Waals surface area contributed by atoms with Gasteiger partial charge in [0.1, 0.15) is 11.9 Å². The Morgan fingerprint density at radius 2 is 2.23 bits per heavy atom. The molecule has 2 N–H and O–H groups in total. The van der Waals surface area contributed by atoms with Gasteiger partial charge in [0.15, 0.2) is 11.5 Å². The average Bonchev–Trinajstić information content (AvgIpc) is 3.43. The van der Waals surface area contributed by atoms with E-state index in [9.17, 15) is 9.18 Å². The van der Waals surface area contributed by atoms with Crippen LogP contribution in [0.4, 0.5) is 21.8 Å². The van der Waals surface area contributed by atoms with Crippen LogP contribution in [0.3, 0.4) is 0 Å². The number of halogens is 1. The van der Waals surface area contributed by atoms with E-state index >= 15 is 0 Å². The van der Waals surface area contributed by atoms with E-state index in [4.69, 9.17) is 4.74 Å². The summed E-state index contributed by atoms with van der Waals surface area (Å²) < 4.78 is 23.2. The molecule has 0 saturated carbocycles. The van der Waals surface area contributed by atoms with E-state index < -0.39 is 6.17 Å². The highest BCUT2D eigenvalue weighted by atomic mass is 19.1. The molecule has 3 aromatic rings. The second-order valence-corrected chi connectivity index (χ2v) is 7.38. The molecule has 3 aromatic heterocycles. The third-order valence-electron chi connectivity index (χ3n) is 5.13. The molecule has 31 heavy (non-hydrogen) atoms. The van der Waals surface area contributed by atoms with Gasteiger partial charge in [-0.25, -0.2) is 13.9 Å². The zero-order chi connectivity index (χ0) is 22.1. The molecule has 1 aliphatic rings. The molecule has 1 saturated heterocycles. The van der Waals surface area contributed by atoms with Crippen LogP contribution in [0.5, 0.6) is 5.88 Å². The molecule has 164 valence electrons. The summed E-state index contributed by atoms with van der Waals surface area (Å²) in [4.78, 5) is 22.2. The van der Waals surface area contributed by atoms with Crippen LogP contribution < -0.4 is 20.3 Å². The van der Waals surface area contributed by atoms with Gasteiger partial charge in [0.25, 0.3) is 5.88 Å². The highest BCUT2D eigenvalue weighted by Gasteiger charge is 2.35. The van der Waals surface area contributed by atoms with Crippen molar-refractivity contribution in [1.82, 2.24) is 34.7 Å². The Morgan fingerprint density at radius 3 is 2.97 bits per heavy atom. The third kappa shape index (κ3) is 4.00. The molecule has 0 spiro atoms. The van der Waals surface area contributed by atoms with Gasteiger partial charge >= 0.3 is 0 Å². The molecule has 12 heteroatoms. The Bertz CT molecular complexity index is 1130. The van der Waals surface area contributed by atoms with Crippen LogP contribution in [0.25, 0.3) is 5.65 Å². The first kappa shape index (κ1) is 20.6. The number of carbonyl (C=O) groups excluding carboxylic acids is 1. The van der Waals surface area contributed by atoms with E-state index in [2.05, 4.69) is 37.4 Å². The number of hydrogen-bond acceptors (Lipinski definition) is 8. The lowest BCUT2D eigenvalue weighted by atomic mass is 10.1. The Labute approximate surface area is 177 Å². The summed E-state index contributed by atoms with van der Waals surface area (Å²) in [6, 6.07) is 0. The van der Waals surface area contributed by atoms with Gasteiger partial charge in [-0.2, -0.15) is 4.98 Å². The summed E-state index contributed by atoms with van der Waals surface area (Å²) >= 11 is 0. The first-order valence-electron chi connectivity index (χ1n) is 9.76. The van der Waals surface area contributed by atoms with Gasteiger partial charge in [0.05, 0.1) is 31.7 Å². The van der Waals surface area contributed by atoms with Crippen molar-refractivity contribution >= 4 is 29.0 Å². The zero-order valence-corrected chi connectivity index (χ0v) is 17.5. The van der Waals surface area contributed by atoms with Gasteiger partial charge in [-0.3, -0.25) is 9.48 Å². The molecule has 2 atom stereocenters. The van der Waals surface area contributed by atoms with E-state index in [-0.39, 0.29) is 24.9 Å². The topological polar surface area (TPSA) is 115 Å². The van der Waals surface area contributed by atoms with E-state index in [0.717, 1.165) is 5.69 Å². The Morgan fingerprint density at radius 1 is 1.42 bits per heavy atom. The van der Waals surface area contributed by atoms with Gasteiger partial charge in [-0.15, -0.1) is 10.2 Å². The Hall–Kier alpha value is -3.70. The molecule has 0 radical (unpaired) electrons. The molecule has 0 unspecified atom stereocenters. The molecule has 1 amide bonds. The van der Waals surface area contributed by atoms with Crippen LogP contribution >= 0.6 is 0 Å². The Kier molecular flexibility index (Phi) is 5.44. The number of imidazole rings is 1. The van der Waals surface area contributed by atoms with Crippen molar-refractivity contribution in [3.8, 4) is 5.88 Å². The molecule has 1 aliphatic heterocycles. The second-order valence-electron chi connectivity index (χ2n) is 7.38. The number of anilines is 3. The van der Waals surface area contributed by atoms with Crippen LogP contribution in [0, 0.1) is 12.8 Å². The number of rotatable bonds is 7. The van der Waals surface area contributed by atoms with E-state index in [0.29, 0.717) is 35.5 Å². The largest absolute Gasteiger partial charge is 0.478 e. The summed E-state index contributed by atoms with van der Waals surface area (Å²) in [6.45, 7) is 6.00. The number of ether oxygens (including phenoxy) is 1. The van der Waals surface area contributed by atoms with Gasteiger partial charge in [-0.1, -0.05) is 6.58 Å². The van der Waals surface area contributed by atoms with Crippen molar-refractivity contribution in [1.29, 1.82) is 0 Å². The number of nitrogens with one attached hydrogen (secondary N) is 2. The fraction of sp³-hybridized carbons (Fsp3) is 0.421. The minimum absolute atomic E-state index is 0.129. The van der Waals surface area contributed by atoms with Crippen LogP contribution in [0.1, 0.15) is 5.69 Å². The number of amides is 1. The average molecular weight is 429 g/mol. The van der Waals surface area contributed by atoms with Crippen molar-refractivity contribution in [3.63, 3.8) is 0 Å². The van der Waals surface area contributed by atoms with Crippen molar-refractivity contribution in [2.24, 2.45) is 13.0 Å². The van der Waals surface area contributed by atoms with Crippen LogP contribution in [-0.2, 0) is 11.8 Å². The van der Waals surface area contributed by atoms with Crippen LogP contribution in [-0.4, -0.2) is 68.2 Å². The summed E-state index contributed by atoms with van der Waals surface area (Å²) in [5, 5.41) is 14.6. The highest BCUT2D eigenvalue weighted by Crippen LogP contribution is 2.29. The van der Waals surface area contributed by atoms with Gasteiger partial charge in [0.2, 0.25) is 11.9 Å². The SMILES string of the molecule is C=CC(=O)NC[C@@H]1CN(c2nc(Nc3cn(C)nc3OC)c3ncc(C)n3n2)C[C@H]1F. The first-order valence-corrected chi connectivity index (χ1v) is 9.76. The number of nitrogens with zero attached hydrogens (tertiary/aromatic N) is 7. The van der Waals surface area contributed by atoms with Crippen molar-refractivity contribution in [2.75, 3.05) is 37.0 Å². The fourth-order valence-electron chi connectivity index (χ4n) is 3.52. The maximum atomic E-state index is 14.6. The van der Waals surface area contributed by atoms with Crippen molar-refractivity contribution in [2.45, 2.75) is 13.1 Å². The molecular formula is C19H24FN9O2. The first-order chi connectivity index (χ1) is 14.9. The number of methoxy groups -OCH3 is 1. The maximum absolute atomic E-state index is 14.6. The summed E-state index contributed by atoms with van der Waals surface area (Å²) in [5.41, 5.74) is 1.95. The number of aryl methyl sites for hydroxylation is 2. The fourth-order valence-corrected chi connectivity index (χ4v) is 3.52. The van der Waals surface area contributed by atoms with E-state index in [1.807, 2.05) is 6.92 Å². The highest BCUT2D eigenvalue weighted by molar-refractivity contribution is 5.86. The minimum Gasteiger partial charge on any atom is -0.478 e. The lowest BCUT2D eigenvalue weighted by Crippen LogP contribution is -2.32. The number of carbonyl (C=O) groups is 1. The normalized spacial score (nSPS) is 18.4. The molecule has 1 fully saturated rings. The van der Waals surface area contributed by atoms with Gasteiger partial charge < -0.3 is 20.3 Å². The van der Waals surface area contributed by atoms with Gasteiger partial charge in [-0.05, 0) is 13.0 Å². The number of fused-ring (bicyclic) bond motifs is 1. The van der Waals surface area contributed by atoms with Gasteiger partial charge in [0, 0.05) is 26.1 Å². The molecule has 4 rings (SSSR count). The second kappa shape index (κ2) is 8.20. The summed E-state index contributed by atoms with van der Waals surface area (Å²) in [5.74, 6) is 0.519. The zero-order valence-electron chi connectivity index (χ0n) is 17.5. The molecule has 0 aliphatic carbocycles. The maximum Gasteiger partial charge on any atom is 0.256 e. The van der Waals surface area contributed by atoms with Crippen molar-refractivity contribution < 1.29 is 13.9 Å². The number of aromatic nitrogens is 6. The molecule has 0 aromatic carbocycles. The third-order valence-corrected chi connectivity index (χ3v) is 5.13. The Balaban J connectivity index is 1.64. The van der Waals surface area contributed by atoms with Crippen LogP contribution in [0.15, 0.2) is 25.0 Å². The molecule has 11 nitrogen and oxygen atoms in total. The predicted molar refractivity (Wildman–Crippen MR) is 112 cm³/mol. The smallest absolute Gasteiger partial charge is 0.256 e. The number of hydrogen-bond donors (Lipinski definition) is 2. The molecular weight excluding hydrogens is 405 g/mol. The quantitative estimate of drug-likeness (QED) is 0.535. The lowest BCUT2D eigenvalue weighted by Gasteiger charge is -2.17. The standard InChI is InChI=1S/C19H24FN9O2/c1-5-15(30)21-7-12-8-28(9-13(12)20)19-24-16(17-22-6-11(2)29(17)26-19)23-14-10-27(3)25-18(14)31-4/h5-6,10,12-13H,1,7-9H2,2-4H3,(H,21,30)(H,23,24,26)/t12-,13-/m1/s1.